The second-order valence-corrected chi connectivity index (χ2v) is 9.14. The number of hydrogen-bond acceptors (Lipinski definition) is 3. The molecule has 3 heterocycles. The number of alkyl halides is 3. The first kappa shape index (κ1) is 25.2. The van der Waals surface area contributed by atoms with Crippen LogP contribution in [0.1, 0.15) is 83.2 Å². The van der Waals surface area contributed by atoms with Gasteiger partial charge in [-0.3, -0.25) is 9.59 Å². The predicted molar refractivity (Wildman–Crippen MR) is 120 cm³/mol. The average Bonchev–Trinajstić information content (AvgIpc) is 3.42. The normalized spacial score (nSPS) is 18.9. The first-order valence-electron chi connectivity index (χ1n) is 11.9. The third-order valence-corrected chi connectivity index (χ3v) is 6.77. The number of hydrogen-bond donors (Lipinski definition) is 1. The van der Waals surface area contributed by atoms with Crippen LogP contribution in [0.2, 0.25) is 0 Å². The third kappa shape index (κ3) is 5.07. The molecule has 2 amide bonds. The van der Waals surface area contributed by atoms with Gasteiger partial charge in [0.15, 0.2) is 0 Å². The molecule has 1 fully saturated rings. The lowest BCUT2D eigenvalue weighted by Crippen LogP contribution is -2.35. The molecular weight excluding hydrogens is 466 g/mol. The molecule has 1 saturated heterocycles. The number of amides is 2. The number of nitrogens with one attached hydrogen (secondary N) is 1. The Kier molecular flexibility index (Phi) is 7.21. The van der Waals surface area contributed by atoms with E-state index in [4.69, 9.17) is 4.74 Å². The van der Waals surface area contributed by atoms with E-state index in [2.05, 4.69) is 5.32 Å². The van der Waals surface area contributed by atoms with Crippen LogP contribution in [0, 0.1) is 5.82 Å². The van der Waals surface area contributed by atoms with Crippen molar-refractivity contribution in [1.29, 1.82) is 0 Å². The van der Waals surface area contributed by atoms with Gasteiger partial charge in [0.1, 0.15) is 11.5 Å². The first-order valence-corrected chi connectivity index (χ1v) is 11.9. The fourth-order valence-corrected chi connectivity index (χ4v) is 4.90. The summed E-state index contributed by atoms with van der Waals surface area (Å²) in [4.78, 5) is 28.4. The molecule has 190 valence electrons. The van der Waals surface area contributed by atoms with Crippen LogP contribution in [0.15, 0.2) is 24.3 Å². The number of nitrogens with zero attached hydrogens (tertiary/aromatic N) is 2. The SMILES string of the molecule is CCC[C@H](NC(=O)c1cc(C(=O)N2CCC[C@@H]2C)n2c1COCC2)c1ccc(F)c(C(F)(F)F)c1. The van der Waals surface area contributed by atoms with Gasteiger partial charge in [0.25, 0.3) is 11.8 Å². The molecular formula is C25H29F4N3O3. The van der Waals surface area contributed by atoms with Gasteiger partial charge in [-0.2, -0.15) is 13.2 Å². The quantitative estimate of drug-likeness (QED) is 0.569. The van der Waals surface area contributed by atoms with Crippen molar-refractivity contribution in [2.24, 2.45) is 0 Å². The molecule has 2 aliphatic rings. The fourth-order valence-electron chi connectivity index (χ4n) is 4.90. The van der Waals surface area contributed by atoms with Crippen molar-refractivity contribution in [3.05, 3.63) is 58.2 Å². The summed E-state index contributed by atoms with van der Waals surface area (Å²) in [7, 11) is 0. The van der Waals surface area contributed by atoms with Gasteiger partial charge in [-0.15, -0.1) is 0 Å². The minimum atomic E-state index is -4.85. The first-order chi connectivity index (χ1) is 16.6. The highest BCUT2D eigenvalue weighted by atomic mass is 19.4. The van der Waals surface area contributed by atoms with Crippen LogP contribution in [-0.2, 0) is 24.1 Å². The third-order valence-electron chi connectivity index (χ3n) is 6.77. The van der Waals surface area contributed by atoms with Crippen molar-refractivity contribution in [3.8, 4) is 0 Å². The van der Waals surface area contributed by atoms with Crippen LogP contribution in [0.3, 0.4) is 0 Å². The number of fused-ring (bicyclic) bond motifs is 1. The van der Waals surface area contributed by atoms with E-state index < -0.39 is 29.5 Å². The minimum absolute atomic E-state index is 0.112. The van der Waals surface area contributed by atoms with E-state index in [1.807, 2.05) is 13.8 Å². The predicted octanol–water partition coefficient (Wildman–Crippen LogP) is 5.07. The smallest absolute Gasteiger partial charge is 0.373 e. The molecule has 0 unspecified atom stereocenters. The van der Waals surface area contributed by atoms with E-state index in [-0.39, 0.29) is 29.7 Å². The summed E-state index contributed by atoms with van der Waals surface area (Å²) in [6.45, 7) is 5.48. The molecule has 0 saturated carbocycles. The summed E-state index contributed by atoms with van der Waals surface area (Å²) < 4.78 is 60.9. The molecule has 0 bridgehead atoms. The number of carbonyl (C=O) groups is 2. The largest absolute Gasteiger partial charge is 0.419 e. The molecule has 4 rings (SSSR count). The molecule has 0 radical (unpaired) electrons. The van der Waals surface area contributed by atoms with E-state index in [0.717, 1.165) is 25.0 Å². The van der Waals surface area contributed by atoms with Crippen molar-refractivity contribution >= 4 is 11.8 Å². The minimum Gasteiger partial charge on any atom is -0.373 e. The Hall–Kier alpha value is -2.88. The van der Waals surface area contributed by atoms with Gasteiger partial charge in [0, 0.05) is 19.1 Å². The summed E-state index contributed by atoms with van der Waals surface area (Å²) in [6, 6.07) is 3.69. The number of likely N-dealkylation sites (tertiary alicyclic amines) is 1. The number of carbonyl (C=O) groups excluding carboxylic acids is 2. The Balaban J connectivity index is 1.64. The lowest BCUT2D eigenvalue weighted by atomic mass is 9.99. The van der Waals surface area contributed by atoms with Gasteiger partial charge in [0.05, 0.1) is 36.1 Å². The summed E-state index contributed by atoms with van der Waals surface area (Å²) >= 11 is 0. The Morgan fingerprint density at radius 2 is 2.00 bits per heavy atom. The number of halogens is 4. The van der Waals surface area contributed by atoms with E-state index in [0.29, 0.717) is 43.9 Å². The lowest BCUT2D eigenvalue weighted by molar-refractivity contribution is -0.140. The molecule has 0 spiro atoms. The van der Waals surface area contributed by atoms with Crippen molar-refractivity contribution in [3.63, 3.8) is 0 Å². The summed E-state index contributed by atoms with van der Waals surface area (Å²) in [5.41, 5.74) is 0.0388. The Labute approximate surface area is 201 Å². The van der Waals surface area contributed by atoms with E-state index in [1.165, 1.54) is 6.07 Å². The average molecular weight is 496 g/mol. The van der Waals surface area contributed by atoms with Crippen LogP contribution in [-0.4, -0.2) is 40.5 Å². The van der Waals surface area contributed by atoms with Crippen molar-refractivity contribution in [2.75, 3.05) is 13.2 Å². The number of ether oxygens (including phenoxy) is 1. The summed E-state index contributed by atoms with van der Waals surface area (Å²) in [5, 5.41) is 2.81. The maximum absolute atomic E-state index is 13.8. The highest BCUT2D eigenvalue weighted by Crippen LogP contribution is 2.34. The number of rotatable bonds is 6. The van der Waals surface area contributed by atoms with Gasteiger partial charge in [-0.05, 0) is 49.9 Å². The van der Waals surface area contributed by atoms with Crippen molar-refractivity contribution in [1.82, 2.24) is 14.8 Å². The van der Waals surface area contributed by atoms with Gasteiger partial charge < -0.3 is 19.5 Å². The van der Waals surface area contributed by atoms with E-state index >= 15 is 0 Å². The zero-order valence-corrected chi connectivity index (χ0v) is 19.8. The monoisotopic (exact) mass is 495 g/mol. The van der Waals surface area contributed by atoms with Crippen LogP contribution in [0.5, 0.6) is 0 Å². The standard InChI is InChI=1S/C25H29F4N3O3/c1-3-5-20(16-7-8-19(26)18(12-16)25(27,28)29)30-23(33)17-13-21(32-10-11-35-14-22(17)32)24(34)31-9-4-6-15(31)2/h7-8,12-13,15,20H,3-6,9-11,14H2,1-2H3,(H,30,33)/t15-,20-/m0/s1. The zero-order chi connectivity index (χ0) is 25.3. The number of benzene rings is 1. The maximum Gasteiger partial charge on any atom is 0.419 e. The highest BCUT2D eigenvalue weighted by molar-refractivity contribution is 6.01. The van der Waals surface area contributed by atoms with Crippen LogP contribution < -0.4 is 5.32 Å². The molecule has 35 heavy (non-hydrogen) atoms. The van der Waals surface area contributed by atoms with Crippen molar-refractivity contribution in [2.45, 2.75) is 70.9 Å². The fraction of sp³-hybridized carbons (Fsp3) is 0.520. The second kappa shape index (κ2) is 10.0. The molecule has 2 atom stereocenters. The van der Waals surface area contributed by atoms with Gasteiger partial charge >= 0.3 is 6.18 Å². The van der Waals surface area contributed by atoms with Crippen molar-refractivity contribution < 1.29 is 31.9 Å². The molecule has 10 heteroatoms. The highest BCUT2D eigenvalue weighted by Gasteiger charge is 2.35. The van der Waals surface area contributed by atoms with Gasteiger partial charge in [-0.25, -0.2) is 4.39 Å². The lowest BCUT2D eigenvalue weighted by Gasteiger charge is -2.24. The maximum atomic E-state index is 13.8. The Morgan fingerprint density at radius 3 is 2.66 bits per heavy atom. The molecule has 2 aliphatic heterocycles. The number of aromatic nitrogens is 1. The van der Waals surface area contributed by atoms with Gasteiger partial charge in [0.2, 0.25) is 0 Å². The summed E-state index contributed by atoms with van der Waals surface area (Å²) in [5.74, 6) is -2.01. The van der Waals surface area contributed by atoms with E-state index in [1.54, 1.807) is 15.5 Å². The second-order valence-electron chi connectivity index (χ2n) is 9.14. The summed E-state index contributed by atoms with van der Waals surface area (Å²) in [6.07, 6.45) is -2.06. The molecule has 1 N–H and O–H groups in total. The Morgan fingerprint density at radius 1 is 1.23 bits per heavy atom. The van der Waals surface area contributed by atoms with Crippen LogP contribution in [0.25, 0.3) is 0 Å². The zero-order valence-electron chi connectivity index (χ0n) is 19.8. The Bertz CT molecular complexity index is 1110. The molecule has 0 aliphatic carbocycles. The van der Waals surface area contributed by atoms with Crippen LogP contribution in [0.4, 0.5) is 17.6 Å². The molecule has 6 nitrogen and oxygen atoms in total. The molecule has 1 aromatic carbocycles. The molecule has 2 aromatic rings. The van der Waals surface area contributed by atoms with Gasteiger partial charge in [-0.1, -0.05) is 19.4 Å². The van der Waals surface area contributed by atoms with Crippen LogP contribution >= 0.6 is 0 Å². The topological polar surface area (TPSA) is 63.6 Å². The van der Waals surface area contributed by atoms with E-state index in [9.17, 15) is 27.2 Å². The molecule has 1 aromatic heterocycles.